The molecule has 3 rings (SSSR count). The van der Waals surface area contributed by atoms with E-state index in [-0.39, 0.29) is 42.1 Å². The van der Waals surface area contributed by atoms with Gasteiger partial charge < -0.3 is 9.47 Å². The van der Waals surface area contributed by atoms with Crippen LogP contribution in [0, 0.1) is 17.3 Å². The number of rotatable bonds is 21. The summed E-state index contributed by atoms with van der Waals surface area (Å²) in [6, 6.07) is 0.379. The highest BCUT2D eigenvalue weighted by Gasteiger charge is 2.34. The predicted octanol–water partition coefficient (Wildman–Crippen LogP) is 8.80. The summed E-state index contributed by atoms with van der Waals surface area (Å²) in [5.74, 6) is 8.49. The van der Waals surface area contributed by atoms with Crippen LogP contribution in [0.5, 0.6) is 0 Å². The van der Waals surface area contributed by atoms with E-state index in [1.807, 2.05) is 64.8 Å². The molecule has 1 unspecified atom stereocenters. The van der Waals surface area contributed by atoms with Crippen LogP contribution in [-0.2, 0) is 19.1 Å². The van der Waals surface area contributed by atoms with Crippen LogP contribution < -0.4 is 0 Å². The van der Waals surface area contributed by atoms with Crippen LogP contribution in [0.1, 0.15) is 92.9 Å². The molecule has 0 N–H and O–H groups in total. The van der Waals surface area contributed by atoms with E-state index >= 15 is 0 Å². The zero-order valence-electron chi connectivity index (χ0n) is 28.7. The van der Waals surface area contributed by atoms with Crippen molar-refractivity contribution in [1.82, 2.24) is 9.80 Å². The molecule has 1 atom stereocenters. The topological polar surface area (TPSA) is 59.1 Å². The lowest BCUT2D eigenvalue weighted by atomic mass is 9.91. The summed E-state index contributed by atoms with van der Waals surface area (Å²) in [7, 11) is 11.9. The van der Waals surface area contributed by atoms with Crippen molar-refractivity contribution in [1.29, 1.82) is 0 Å². The van der Waals surface area contributed by atoms with Gasteiger partial charge in [0.1, 0.15) is 13.2 Å². The zero-order valence-corrected chi connectivity index (χ0v) is 33.6. The summed E-state index contributed by atoms with van der Waals surface area (Å²) < 4.78 is 11.9. The molecule has 0 aliphatic carbocycles. The van der Waals surface area contributed by atoms with E-state index in [0.717, 1.165) is 68.7 Å². The van der Waals surface area contributed by atoms with Gasteiger partial charge in [0.05, 0.1) is 12.5 Å². The maximum atomic E-state index is 13.2. The van der Waals surface area contributed by atoms with Gasteiger partial charge in [-0.3, -0.25) is 19.4 Å². The van der Waals surface area contributed by atoms with E-state index in [9.17, 15) is 9.59 Å². The molecule has 6 nitrogen and oxygen atoms in total. The van der Waals surface area contributed by atoms with E-state index in [2.05, 4.69) is 51.3 Å². The minimum Gasteiger partial charge on any atom is -0.464 e. The third-order valence-corrected chi connectivity index (χ3v) is 17.1. The summed E-state index contributed by atoms with van der Waals surface area (Å²) in [6.45, 7) is 16.5. The minimum absolute atomic E-state index is 0.0453. The van der Waals surface area contributed by atoms with Gasteiger partial charge in [-0.15, -0.1) is 0 Å². The number of hydrogen-bond donors (Lipinski definition) is 0. The molecule has 262 valence electrons. The first kappa shape index (κ1) is 40.4. The Morgan fingerprint density at radius 1 is 0.711 bits per heavy atom. The Bertz CT molecular complexity index is 837. The van der Waals surface area contributed by atoms with Crippen molar-refractivity contribution in [2.45, 2.75) is 111 Å². The standard InChI is InChI=1S/C33H60N2O4S6/c1-7-33(5,6)35(29-24-44-45-25-29)17-13-31(37)39-19-28(18-38-30(36)12-14-32(2,3)4)34(15-8-10-26-20-40-41-21-26)16-9-11-27-22-42-43-23-27/h26-29H,7-25H2,1-6H3. The van der Waals surface area contributed by atoms with E-state index in [1.165, 1.54) is 35.9 Å². The van der Waals surface area contributed by atoms with E-state index in [1.54, 1.807) is 0 Å². The fourth-order valence-electron chi connectivity index (χ4n) is 5.78. The number of carbonyl (C=O) groups is 2. The molecule has 0 amide bonds. The van der Waals surface area contributed by atoms with E-state index < -0.39 is 0 Å². The molecule has 3 heterocycles. The second-order valence-electron chi connectivity index (χ2n) is 14.6. The number of carbonyl (C=O) groups excluding carboxylic acids is 2. The third-order valence-electron chi connectivity index (χ3n) is 9.21. The van der Waals surface area contributed by atoms with E-state index in [4.69, 9.17) is 9.47 Å². The van der Waals surface area contributed by atoms with Crippen molar-refractivity contribution >= 4 is 76.7 Å². The molecular formula is C33H60N2O4S6. The van der Waals surface area contributed by atoms with Crippen molar-refractivity contribution < 1.29 is 19.1 Å². The van der Waals surface area contributed by atoms with Gasteiger partial charge in [0.25, 0.3) is 0 Å². The van der Waals surface area contributed by atoms with Crippen LogP contribution in [0.4, 0.5) is 0 Å². The van der Waals surface area contributed by atoms with Crippen LogP contribution in [-0.4, -0.2) is 107 Å². The number of hydrogen-bond acceptors (Lipinski definition) is 12. The Balaban J connectivity index is 1.62. The molecule has 0 aromatic carbocycles. The molecular weight excluding hydrogens is 681 g/mol. The van der Waals surface area contributed by atoms with Crippen molar-refractivity contribution in [3.8, 4) is 0 Å². The van der Waals surface area contributed by atoms with Gasteiger partial charge in [-0.25, -0.2) is 0 Å². The summed E-state index contributed by atoms with van der Waals surface area (Å²) >= 11 is 0. The summed E-state index contributed by atoms with van der Waals surface area (Å²) in [5.41, 5.74) is 0.132. The SMILES string of the molecule is CCC(C)(C)N(CCC(=O)OCC(COC(=O)CCC(C)(C)C)N(CCCC1CSSC1)CCCC1CSSC1)C1CSSC1. The Hall–Kier alpha value is 0.960. The number of ether oxygens (including phenoxy) is 2. The molecule has 3 fully saturated rings. The summed E-state index contributed by atoms with van der Waals surface area (Å²) in [6.07, 6.45) is 7.36. The van der Waals surface area contributed by atoms with Crippen LogP contribution in [0.3, 0.4) is 0 Å². The first-order chi connectivity index (χ1) is 21.5. The predicted molar refractivity (Wildman–Crippen MR) is 206 cm³/mol. The van der Waals surface area contributed by atoms with Crippen LogP contribution >= 0.6 is 64.8 Å². The maximum Gasteiger partial charge on any atom is 0.307 e. The van der Waals surface area contributed by atoms with Crippen molar-refractivity contribution in [2.24, 2.45) is 17.3 Å². The molecule has 45 heavy (non-hydrogen) atoms. The normalized spacial score (nSPS) is 19.6. The zero-order chi connectivity index (χ0) is 32.7. The Kier molecular flexibility index (Phi) is 19.1. The van der Waals surface area contributed by atoms with Crippen LogP contribution in [0.15, 0.2) is 0 Å². The van der Waals surface area contributed by atoms with Gasteiger partial charge in [0.2, 0.25) is 0 Å². The molecule has 0 aromatic heterocycles. The highest BCUT2D eigenvalue weighted by Crippen LogP contribution is 2.38. The van der Waals surface area contributed by atoms with Gasteiger partial charge in [-0.1, -0.05) is 92.5 Å². The van der Waals surface area contributed by atoms with Gasteiger partial charge in [-0.2, -0.15) is 0 Å². The van der Waals surface area contributed by atoms with Gasteiger partial charge in [0.15, 0.2) is 0 Å². The first-order valence-electron chi connectivity index (χ1n) is 17.0. The molecule has 3 aliphatic heterocycles. The summed E-state index contributed by atoms with van der Waals surface area (Å²) in [5, 5.41) is 0. The average Bonchev–Trinajstić information content (AvgIpc) is 3.80. The summed E-state index contributed by atoms with van der Waals surface area (Å²) in [4.78, 5) is 31.0. The molecule has 0 saturated carbocycles. The fourth-order valence-corrected chi connectivity index (χ4v) is 14.6. The fraction of sp³-hybridized carbons (Fsp3) is 0.939. The molecule has 0 radical (unpaired) electrons. The third kappa shape index (κ3) is 16.0. The Labute approximate surface area is 298 Å². The maximum absolute atomic E-state index is 13.2. The van der Waals surface area contributed by atoms with Crippen molar-refractivity contribution in [3.63, 3.8) is 0 Å². The highest BCUT2D eigenvalue weighted by atomic mass is 33.1. The highest BCUT2D eigenvalue weighted by molar-refractivity contribution is 8.77. The van der Waals surface area contributed by atoms with Gasteiger partial charge >= 0.3 is 11.9 Å². The lowest BCUT2D eigenvalue weighted by Crippen LogP contribution is -2.51. The number of esters is 2. The molecule has 12 heteroatoms. The smallest absolute Gasteiger partial charge is 0.307 e. The average molecular weight is 741 g/mol. The molecule has 3 saturated heterocycles. The molecule has 0 aromatic rings. The van der Waals surface area contributed by atoms with Crippen molar-refractivity contribution in [2.75, 3.05) is 67.4 Å². The second-order valence-corrected chi connectivity index (χ2v) is 22.3. The van der Waals surface area contributed by atoms with Gasteiger partial charge in [-0.05, 0) is 82.7 Å². The Morgan fingerprint density at radius 3 is 1.64 bits per heavy atom. The molecule has 3 aliphatic rings. The molecule has 0 bridgehead atoms. The minimum atomic E-state index is -0.147. The monoisotopic (exact) mass is 740 g/mol. The number of nitrogens with zero attached hydrogens (tertiary/aromatic N) is 2. The Morgan fingerprint density at radius 2 is 1.18 bits per heavy atom. The van der Waals surface area contributed by atoms with Gasteiger partial charge in [0, 0.05) is 59.1 Å². The lowest BCUT2D eigenvalue weighted by molar-refractivity contribution is -0.150. The largest absolute Gasteiger partial charge is 0.464 e. The van der Waals surface area contributed by atoms with Crippen LogP contribution in [0.25, 0.3) is 0 Å². The quantitative estimate of drug-likeness (QED) is 0.0835. The van der Waals surface area contributed by atoms with Crippen molar-refractivity contribution in [3.05, 3.63) is 0 Å². The van der Waals surface area contributed by atoms with Crippen LogP contribution in [0.2, 0.25) is 0 Å². The first-order valence-corrected chi connectivity index (χ1v) is 24.5. The molecule has 0 spiro atoms. The lowest BCUT2D eigenvalue weighted by Gasteiger charge is -2.41. The van der Waals surface area contributed by atoms with E-state index in [0.29, 0.717) is 18.9 Å². The second kappa shape index (κ2) is 21.2.